The highest BCUT2D eigenvalue weighted by Crippen LogP contribution is 2.26. The van der Waals surface area contributed by atoms with Crippen molar-refractivity contribution in [3.63, 3.8) is 0 Å². The number of hydrogen-bond acceptors (Lipinski definition) is 1. The van der Waals surface area contributed by atoms with E-state index in [0.29, 0.717) is 6.54 Å². The molecule has 3 aromatic rings. The van der Waals surface area contributed by atoms with Crippen molar-refractivity contribution < 1.29 is 21.8 Å². The third-order valence-electron chi connectivity index (χ3n) is 4.75. The van der Waals surface area contributed by atoms with Gasteiger partial charge in [-0.1, -0.05) is 23.7 Å². The predicted octanol–water partition coefficient (Wildman–Crippen LogP) is 0.993. The fourth-order valence-electron chi connectivity index (χ4n) is 3.58. The highest BCUT2D eigenvalue weighted by atomic mass is 35.5. The second kappa shape index (κ2) is 8.15. The molecule has 0 aliphatic carbocycles. The largest absolute Gasteiger partial charge is 1.00 e. The molecule has 140 valence electrons. The Morgan fingerprint density at radius 2 is 2.00 bits per heavy atom. The molecule has 2 aromatic carbocycles. The molecule has 0 bridgehead atoms. The number of carbonyl (C=O) groups excluding carboxylic acids is 1. The minimum Gasteiger partial charge on any atom is -1.00 e. The van der Waals surface area contributed by atoms with E-state index < -0.39 is 0 Å². The lowest BCUT2D eigenvalue weighted by Crippen LogP contribution is -3.00. The van der Waals surface area contributed by atoms with E-state index in [2.05, 4.69) is 20.6 Å². The summed E-state index contributed by atoms with van der Waals surface area (Å²) >= 11 is 6.01. The van der Waals surface area contributed by atoms with Crippen LogP contribution < -0.4 is 22.3 Å². The molecule has 0 saturated heterocycles. The summed E-state index contributed by atoms with van der Waals surface area (Å²) in [6.45, 7) is 3.32. The van der Waals surface area contributed by atoms with Gasteiger partial charge in [0.2, 0.25) is 0 Å². The van der Waals surface area contributed by atoms with E-state index in [1.54, 1.807) is 0 Å². The number of aromatic nitrogens is 2. The van der Waals surface area contributed by atoms with Crippen LogP contribution in [0, 0.1) is 6.92 Å². The van der Waals surface area contributed by atoms with Gasteiger partial charge >= 0.3 is 0 Å². The first kappa shape index (κ1) is 19.5. The molecule has 27 heavy (non-hydrogen) atoms. The Kier molecular flexibility index (Phi) is 5.88. The molecule has 0 radical (unpaired) electrons. The Hall–Kier alpha value is -2.30. The number of imidazole rings is 1. The number of rotatable bonds is 4. The zero-order chi connectivity index (χ0) is 18.1. The van der Waals surface area contributed by atoms with E-state index in [4.69, 9.17) is 11.6 Å². The molecule has 0 atom stereocenters. The number of nitrogens with zero attached hydrogens (tertiary/aromatic N) is 2. The van der Waals surface area contributed by atoms with Crippen LogP contribution in [0.3, 0.4) is 0 Å². The summed E-state index contributed by atoms with van der Waals surface area (Å²) in [6, 6.07) is 15.7. The molecular formula is C21H21Cl2N3O. The average molecular weight is 402 g/mol. The lowest BCUT2D eigenvalue weighted by atomic mass is 10.2. The van der Waals surface area contributed by atoms with Crippen molar-refractivity contribution in [2.45, 2.75) is 32.9 Å². The van der Waals surface area contributed by atoms with E-state index in [9.17, 15) is 4.79 Å². The quantitative estimate of drug-likeness (QED) is 0.650. The van der Waals surface area contributed by atoms with Crippen LogP contribution in [0.5, 0.6) is 0 Å². The van der Waals surface area contributed by atoms with Gasteiger partial charge in [0.05, 0.1) is 13.0 Å². The number of nitrogens with one attached hydrogen (secondary N) is 1. The van der Waals surface area contributed by atoms with Crippen LogP contribution >= 0.6 is 11.6 Å². The number of halogens is 2. The van der Waals surface area contributed by atoms with Gasteiger partial charge in [-0.3, -0.25) is 4.79 Å². The zero-order valence-electron chi connectivity index (χ0n) is 15.1. The number of benzene rings is 2. The molecule has 2 heterocycles. The van der Waals surface area contributed by atoms with Crippen LogP contribution in [-0.2, 0) is 24.3 Å². The van der Waals surface area contributed by atoms with Crippen LogP contribution in [0.25, 0.3) is 11.3 Å². The third-order valence-corrected chi connectivity index (χ3v) is 5.00. The van der Waals surface area contributed by atoms with Crippen molar-refractivity contribution in [2.75, 3.05) is 5.32 Å². The molecular weight excluding hydrogens is 381 g/mol. The number of amides is 1. The van der Waals surface area contributed by atoms with Gasteiger partial charge in [0.25, 0.3) is 11.7 Å². The second-order valence-corrected chi connectivity index (χ2v) is 7.17. The summed E-state index contributed by atoms with van der Waals surface area (Å²) < 4.78 is 4.38. The summed E-state index contributed by atoms with van der Waals surface area (Å²) in [7, 11) is 0. The third kappa shape index (κ3) is 4.18. The molecule has 0 spiro atoms. The molecule has 1 aliphatic heterocycles. The van der Waals surface area contributed by atoms with E-state index in [0.717, 1.165) is 46.9 Å². The number of aryl methyl sites for hydroxylation is 1. The molecule has 4 rings (SSSR count). The summed E-state index contributed by atoms with van der Waals surface area (Å²) in [5, 5.41) is 3.72. The minimum atomic E-state index is -0.0106. The number of anilines is 1. The molecule has 6 heteroatoms. The molecule has 0 saturated carbocycles. The fraction of sp³-hybridized carbons (Fsp3) is 0.238. The Morgan fingerprint density at radius 1 is 1.22 bits per heavy atom. The fourth-order valence-corrected chi connectivity index (χ4v) is 3.70. The maximum atomic E-state index is 12.5. The first-order chi connectivity index (χ1) is 12.6. The second-order valence-electron chi connectivity index (χ2n) is 6.74. The lowest BCUT2D eigenvalue weighted by molar-refractivity contribution is -0.690. The van der Waals surface area contributed by atoms with Crippen LogP contribution in [-0.4, -0.2) is 10.5 Å². The van der Waals surface area contributed by atoms with E-state index in [-0.39, 0.29) is 18.3 Å². The molecule has 1 aromatic heterocycles. The predicted molar refractivity (Wildman–Crippen MR) is 103 cm³/mol. The highest BCUT2D eigenvalue weighted by Gasteiger charge is 2.29. The number of hydrogen-bond donors (Lipinski definition) is 1. The van der Waals surface area contributed by atoms with Gasteiger partial charge in [-0.15, -0.1) is 0 Å². The van der Waals surface area contributed by atoms with Gasteiger partial charge in [-0.05, 0) is 55.3 Å². The van der Waals surface area contributed by atoms with Gasteiger partial charge in [-0.25, -0.2) is 9.13 Å². The van der Waals surface area contributed by atoms with E-state index >= 15 is 0 Å². The van der Waals surface area contributed by atoms with Gasteiger partial charge in [0.1, 0.15) is 6.20 Å². The maximum Gasteiger partial charge on any atom is 0.266 e. The van der Waals surface area contributed by atoms with E-state index in [1.165, 1.54) is 5.82 Å². The molecule has 0 fully saturated rings. The molecule has 1 aliphatic rings. The van der Waals surface area contributed by atoms with Crippen LogP contribution in [0.4, 0.5) is 5.69 Å². The monoisotopic (exact) mass is 401 g/mol. The zero-order valence-corrected chi connectivity index (χ0v) is 16.6. The topological polar surface area (TPSA) is 37.9 Å². The van der Waals surface area contributed by atoms with Gasteiger partial charge in [-0.2, -0.15) is 0 Å². The van der Waals surface area contributed by atoms with Crippen LogP contribution in [0.2, 0.25) is 5.02 Å². The molecule has 0 unspecified atom stereocenters. The highest BCUT2D eigenvalue weighted by molar-refractivity contribution is 6.30. The molecule has 1 N–H and O–H groups in total. The van der Waals surface area contributed by atoms with Crippen molar-refractivity contribution in [2.24, 2.45) is 0 Å². The maximum absolute atomic E-state index is 12.5. The smallest absolute Gasteiger partial charge is 0.266 e. The number of fused-ring (bicyclic) bond motifs is 1. The summed E-state index contributed by atoms with van der Waals surface area (Å²) in [4.78, 5) is 12.5. The Morgan fingerprint density at radius 3 is 2.74 bits per heavy atom. The summed E-state index contributed by atoms with van der Waals surface area (Å²) in [5.41, 5.74) is 4.22. The Labute approximate surface area is 170 Å². The normalized spacial score (nSPS) is 12.4. The summed E-state index contributed by atoms with van der Waals surface area (Å²) in [6.07, 6.45) is 4.18. The van der Waals surface area contributed by atoms with Crippen molar-refractivity contribution in [1.29, 1.82) is 0 Å². The number of carbonyl (C=O) groups is 1. The van der Waals surface area contributed by atoms with Crippen LogP contribution in [0.15, 0.2) is 54.7 Å². The van der Waals surface area contributed by atoms with Crippen molar-refractivity contribution in [1.82, 2.24) is 4.57 Å². The van der Waals surface area contributed by atoms with Gasteiger partial charge in [0, 0.05) is 16.3 Å². The first-order valence-electron chi connectivity index (χ1n) is 8.84. The van der Waals surface area contributed by atoms with E-state index in [1.807, 2.05) is 55.5 Å². The Bertz CT molecular complexity index is 964. The van der Waals surface area contributed by atoms with Gasteiger partial charge in [0.15, 0.2) is 12.2 Å². The molecule has 4 nitrogen and oxygen atoms in total. The first-order valence-corrected chi connectivity index (χ1v) is 9.22. The molecule has 1 amide bonds. The average Bonchev–Trinajstić information content (AvgIpc) is 3.20. The SMILES string of the molecule is Cc1cccc(NC(=O)C[n+]2cc(-c3ccc(Cl)cc3)n3c2CCC3)c1.[Cl-]. The van der Waals surface area contributed by atoms with Crippen molar-refractivity contribution in [3.05, 3.63) is 71.1 Å². The van der Waals surface area contributed by atoms with Crippen molar-refractivity contribution in [3.8, 4) is 11.3 Å². The van der Waals surface area contributed by atoms with Gasteiger partial charge < -0.3 is 17.7 Å². The van der Waals surface area contributed by atoms with Crippen LogP contribution in [0.1, 0.15) is 17.8 Å². The summed E-state index contributed by atoms with van der Waals surface area (Å²) in [5.74, 6) is 1.19. The Balaban J connectivity index is 0.00000210. The standard InChI is InChI=1S/C21H20ClN3O.ClH/c1-15-4-2-5-18(12-15)23-20(26)14-24-13-19(25-11-3-6-21(24)25)16-7-9-17(22)10-8-16;/h2,4-5,7-10,12-13H,3,6,11,14H2,1H3;1H. The van der Waals surface area contributed by atoms with Crippen molar-refractivity contribution >= 4 is 23.2 Å². The minimum absolute atomic E-state index is 0. The lowest BCUT2D eigenvalue weighted by Gasteiger charge is -2.05.